The molecule has 0 spiro atoms. The van der Waals surface area contributed by atoms with E-state index in [1.807, 2.05) is 55.6 Å². The zero-order valence-electron chi connectivity index (χ0n) is 12.7. The van der Waals surface area contributed by atoms with Crippen molar-refractivity contribution in [3.05, 3.63) is 78.6 Å². The molecular formula is C20H15FN2. The standard InChI is InChI=1S/C20H15FN2/c1-23-19-12-5-4-11-18(19)22-20(23)17-10-3-2-9-16(17)14-7-6-8-15(21)13-14/h2-13H,1H3. The second-order valence-corrected chi connectivity index (χ2v) is 5.54. The van der Waals surface area contributed by atoms with Crippen molar-refractivity contribution in [1.29, 1.82) is 0 Å². The van der Waals surface area contributed by atoms with Gasteiger partial charge < -0.3 is 4.57 Å². The molecule has 0 saturated carbocycles. The molecule has 0 atom stereocenters. The first-order chi connectivity index (χ1) is 11.2. The number of imidazole rings is 1. The molecule has 0 radical (unpaired) electrons. The number of halogens is 1. The molecule has 0 unspecified atom stereocenters. The summed E-state index contributed by atoms with van der Waals surface area (Å²) in [5, 5.41) is 0. The van der Waals surface area contributed by atoms with Crippen LogP contribution in [0.5, 0.6) is 0 Å². The normalized spacial score (nSPS) is 11.0. The number of para-hydroxylation sites is 2. The van der Waals surface area contributed by atoms with Crippen molar-refractivity contribution in [1.82, 2.24) is 9.55 Å². The van der Waals surface area contributed by atoms with E-state index in [0.717, 1.165) is 33.5 Å². The highest BCUT2D eigenvalue weighted by atomic mass is 19.1. The van der Waals surface area contributed by atoms with Crippen LogP contribution in [0.4, 0.5) is 4.39 Å². The van der Waals surface area contributed by atoms with Gasteiger partial charge in [-0.25, -0.2) is 9.37 Å². The van der Waals surface area contributed by atoms with Crippen molar-refractivity contribution in [3.8, 4) is 22.5 Å². The van der Waals surface area contributed by atoms with Gasteiger partial charge in [0.05, 0.1) is 11.0 Å². The molecule has 23 heavy (non-hydrogen) atoms. The molecule has 2 nitrogen and oxygen atoms in total. The maximum absolute atomic E-state index is 13.6. The van der Waals surface area contributed by atoms with Crippen LogP contribution in [0, 0.1) is 5.82 Å². The highest BCUT2D eigenvalue weighted by Crippen LogP contribution is 2.33. The first kappa shape index (κ1) is 13.7. The number of aryl methyl sites for hydroxylation is 1. The Bertz CT molecular complexity index is 1000. The topological polar surface area (TPSA) is 17.8 Å². The second kappa shape index (κ2) is 5.36. The molecule has 3 aromatic carbocycles. The average Bonchev–Trinajstić information content (AvgIpc) is 2.92. The van der Waals surface area contributed by atoms with E-state index in [-0.39, 0.29) is 5.82 Å². The lowest BCUT2D eigenvalue weighted by Gasteiger charge is -2.10. The van der Waals surface area contributed by atoms with Crippen molar-refractivity contribution in [2.45, 2.75) is 0 Å². The molecule has 0 saturated heterocycles. The summed E-state index contributed by atoms with van der Waals surface area (Å²) in [6.45, 7) is 0. The molecule has 0 aliphatic heterocycles. The van der Waals surface area contributed by atoms with Crippen LogP contribution in [0.15, 0.2) is 72.8 Å². The predicted octanol–water partition coefficient (Wildman–Crippen LogP) is 5.05. The summed E-state index contributed by atoms with van der Waals surface area (Å²) in [6, 6.07) is 22.7. The van der Waals surface area contributed by atoms with Gasteiger partial charge >= 0.3 is 0 Å². The molecule has 0 amide bonds. The maximum atomic E-state index is 13.6. The van der Waals surface area contributed by atoms with Crippen LogP contribution in [0.2, 0.25) is 0 Å². The highest BCUT2D eigenvalue weighted by molar-refractivity contribution is 5.86. The third kappa shape index (κ3) is 2.30. The molecule has 0 bridgehead atoms. The fraction of sp³-hybridized carbons (Fsp3) is 0.0500. The van der Waals surface area contributed by atoms with Gasteiger partial charge in [-0.1, -0.05) is 48.5 Å². The molecule has 0 fully saturated rings. The fourth-order valence-corrected chi connectivity index (χ4v) is 2.97. The van der Waals surface area contributed by atoms with Crippen molar-refractivity contribution >= 4 is 11.0 Å². The number of aromatic nitrogens is 2. The van der Waals surface area contributed by atoms with E-state index >= 15 is 0 Å². The van der Waals surface area contributed by atoms with E-state index in [9.17, 15) is 4.39 Å². The smallest absolute Gasteiger partial charge is 0.141 e. The summed E-state index contributed by atoms with van der Waals surface area (Å²) in [4.78, 5) is 4.76. The van der Waals surface area contributed by atoms with Gasteiger partial charge in [0, 0.05) is 12.6 Å². The predicted molar refractivity (Wildman–Crippen MR) is 91.5 cm³/mol. The minimum Gasteiger partial charge on any atom is -0.327 e. The molecule has 3 heteroatoms. The molecule has 0 aliphatic carbocycles. The molecule has 0 N–H and O–H groups in total. The first-order valence-corrected chi connectivity index (χ1v) is 7.51. The monoisotopic (exact) mass is 302 g/mol. The summed E-state index contributed by atoms with van der Waals surface area (Å²) >= 11 is 0. The number of benzene rings is 3. The van der Waals surface area contributed by atoms with E-state index in [1.165, 1.54) is 6.07 Å². The Balaban J connectivity index is 1.97. The van der Waals surface area contributed by atoms with E-state index in [1.54, 1.807) is 12.1 Å². The maximum Gasteiger partial charge on any atom is 0.141 e. The van der Waals surface area contributed by atoms with Gasteiger partial charge in [0.25, 0.3) is 0 Å². The molecule has 1 heterocycles. The van der Waals surface area contributed by atoms with E-state index < -0.39 is 0 Å². The molecular weight excluding hydrogens is 287 g/mol. The SMILES string of the molecule is Cn1c(-c2ccccc2-c2cccc(F)c2)nc2ccccc21. The quantitative estimate of drug-likeness (QED) is 0.507. The second-order valence-electron chi connectivity index (χ2n) is 5.54. The third-order valence-electron chi connectivity index (χ3n) is 4.09. The Morgan fingerprint density at radius 1 is 0.826 bits per heavy atom. The van der Waals surface area contributed by atoms with Crippen molar-refractivity contribution < 1.29 is 4.39 Å². The van der Waals surface area contributed by atoms with E-state index in [2.05, 4.69) is 10.6 Å². The van der Waals surface area contributed by atoms with Gasteiger partial charge in [0.15, 0.2) is 0 Å². The number of hydrogen-bond donors (Lipinski definition) is 0. The van der Waals surface area contributed by atoms with Gasteiger partial charge in [-0.05, 0) is 35.4 Å². The van der Waals surface area contributed by atoms with E-state index in [4.69, 9.17) is 4.98 Å². The summed E-state index contributed by atoms with van der Waals surface area (Å²) in [5.41, 5.74) is 4.87. The number of nitrogens with zero attached hydrogens (tertiary/aromatic N) is 2. The van der Waals surface area contributed by atoms with Crippen LogP contribution < -0.4 is 0 Å². The summed E-state index contributed by atoms with van der Waals surface area (Å²) in [7, 11) is 2.01. The zero-order chi connectivity index (χ0) is 15.8. The lowest BCUT2D eigenvalue weighted by molar-refractivity contribution is 0.628. The van der Waals surface area contributed by atoms with Crippen molar-refractivity contribution in [2.75, 3.05) is 0 Å². The third-order valence-corrected chi connectivity index (χ3v) is 4.09. The highest BCUT2D eigenvalue weighted by Gasteiger charge is 2.14. The van der Waals surface area contributed by atoms with Gasteiger partial charge in [-0.3, -0.25) is 0 Å². The van der Waals surface area contributed by atoms with Crippen LogP contribution in [-0.4, -0.2) is 9.55 Å². The van der Waals surface area contributed by atoms with E-state index in [0.29, 0.717) is 0 Å². The Hall–Kier alpha value is -2.94. The van der Waals surface area contributed by atoms with Crippen LogP contribution >= 0.6 is 0 Å². The van der Waals surface area contributed by atoms with Gasteiger partial charge in [-0.15, -0.1) is 0 Å². The van der Waals surface area contributed by atoms with Crippen molar-refractivity contribution in [3.63, 3.8) is 0 Å². The molecule has 4 rings (SSSR count). The van der Waals surface area contributed by atoms with Gasteiger partial charge in [0.1, 0.15) is 11.6 Å². The average molecular weight is 302 g/mol. The van der Waals surface area contributed by atoms with Crippen LogP contribution in [0.1, 0.15) is 0 Å². The number of fused-ring (bicyclic) bond motifs is 1. The fourth-order valence-electron chi connectivity index (χ4n) is 2.97. The lowest BCUT2D eigenvalue weighted by Crippen LogP contribution is -1.94. The largest absolute Gasteiger partial charge is 0.327 e. The minimum atomic E-state index is -0.234. The molecule has 1 aromatic heterocycles. The van der Waals surface area contributed by atoms with Gasteiger partial charge in [0.2, 0.25) is 0 Å². The number of hydrogen-bond acceptors (Lipinski definition) is 1. The summed E-state index contributed by atoms with van der Waals surface area (Å²) in [6.07, 6.45) is 0. The minimum absolute atomic E-state index is 0.234. The zero-order valence-corrected chi connectivity index (χ0v) is 12.7. The lowest BCUT2D eigenvalue weighted by atomic mass is 9.99. The van der Waals surface area contributed by atoms with Crippen LogP contribution in [0.3, 0.4) is 0 Å². The Morgan fingerprint density at radius 2 is 1.57 bits per heavy atom. The Labute approximate surface area is 133 Å². The first-order valence-electron chi connectivity index (χ1n) is 7.51. The van der Waals surface area contributed by atoms with Crippen molar-refractivity contribution in [2.24, 2.45) is 7.05 Å². The Kier molecular flexibility index (Phi) is 3.19. The van der Waals surface area contributed by atoms with Crippen LogP contribution in [0.25, 0.3) is 33.5 Å². The Morgan fingerprint density at radius 3 is 2.35 bits per heavy atom. The molecule has 0 aliphatic rings. The summed E-state index contributed by atoms with van der Waals surface area (Å²) < 4.78 is 15.7. The number of rotatable bonds is 2. The molecule has 4 aromatic rings. The van der Waals surface area contributed by atoms with Crippen LogP contribution in [-0.2, 0) is 7.05 Å². The van der Waals surface area contributed by atoms with Gasteiger partial charge in [-0.2, -0.15) is 0 Å². The molecule has 112 valence electrons. The summed E-state index contributed by atoms with van der Waals surface area (Å²) in [5.74, 6) is 0.647.